The Morgan fingerprint density at radius 3 is 2.82 bits per heavy atom. The van der Waals surface area contributed by atoms with E-state index in [0.717, 1.165) is 21.7 Å². The highest BCUT2D eigenvalue weighted by Gasteiger charge is 2.08. The summed E-state index contributed by atoms with van der Waals surface area (Å²) in [6, 6.07) is 8.61. The number of nitrogens with zero attached hydrogens (tertiary/aromatic N) is 1. The Kier molecular flexibility index (Phi) is 4.31. The van der Waals surface area contributed by atoms with Crippen LogP contribution in [0.25, 0.3) is 0 Å². The van der Waals surface area contributed by atoms with Crippen LogP contribution in [0, 0.1) is 6.92 Å². The molecule has 4 heteroatoms. The van der Waals surface area contributed by atoms with Crippen molar-refractivity contribution >= 4 is 27.3 Å². The van der Waals surface area contributed by atoms with Crippen molar-refractivity contribution in [2.45, 2.75) is 26.4 Å². The average Bonchev–Trinajstić information content (AvgIpc) is 2.73. The van der Waals surface area contributed by atoms with Crippen LogP contribution in [-0.2, 0) is 6.54 Å². The van der Waals surface area contributed by atoms with E-state index in [0.29, 0.717) is 6.04 Å². The second-order valence-corrected chi connectivity index (χ2v) is 5.90. The molecule has 1 N–H and O–H groups in total. The van der Waals surface area contributed by atoms with Gasteiger partial charge in [0.2, 0.25) is 0 Å². The van der Waals surface area contributed by atoms with Gasteiger partial charge in [-0.05, 0) is 25.5 Å². The smallest absolute Gasteiger partial charge is 0.0897 e. The second-order valence-electron chi connectivity index (χ2n) is 3.98. The molecule has 0 amide bonds. The minimum Gasteiger partial charge on any atom is -0.304 e. The molecule has 2 nitrogen and oxygen atoms in total. The lowest BCUT2D eigenvalue weighted by Gasteiger charge is -2.14. The zero-order chi connectivity index (χ0) is 12.3. The van der Waals surface area contributed by atoms with Gasteiger partial charge in [-0.2, -0.15) is 0 Å². The third-order valence-electron chi connectivity index (χ3n) is 2.63. The summed E-state index contributed by atoms with van der Waals surface area (Å²) in [6.45, 7) is 5.01. The fourth-order valence-electron chi connectivity index (χ4n) is 1.68. The quantitative estimate of drug-likeness (QED) is 0.921. The molecule has 2 aromatic rings. The highest BCUT2D eigenvalue weighted by Crippen LogP contribution is 2.23. The van der Waals surface area contributed by atoms with Crippen LogP contribution < -0.4 is 5.32 Å². The van der Waals surface area contributed by atoms with Crippen LogP contribution in [0.1, 0.15) is 29.2 Å². The molecule has 0 aliphatic heterocycles. The Hall–Kier alpha value is -0.710. The molecule has 0 bridgehead atoms. The molecule has 1 atom stereocenters. The van der Waals surface area contributed by atoms with Gasteiger partial charge in [-0.3, -0.25) is 0 Å². The van der Waals surface area contributed by atoms with Gasteiger partial charge in [-0.15, -0.1) is 11.3 Å². The van der Waals surface area contributed by atoms with Gasteiger partial charge in [0.25, 0.3) is 0 Å². The van der Waals surface area contributed by atoms with E-state index in [2.05, 4.69) is 56.7 Å². The molecule has 0 aliphatic carbocycles. The van der Waals surface area contributed by atoms with Gasteiger partial charge in [0.15, 0.2) is 0 Å². The normalized spacial score (nSPS) is 12.6. The first kappa shape index (κ1) is 12.7. The maximum absolute atomic E-state index is 4.44. The first-order valence-corrected chi connectivity index (χ1v) is 7.23. The van der Waals surface area contributed by atoms with Gasteiger partial charge in [-0.25, -0.2) is 4.98 Å². The lowest BCUT2D eigenvalue weighted by atomic mass is 10.1. The van der Waals surface area contributed by atoms with Crippen LogP contribution >= 0.6 is 27.3 Å². The summed E-state index contributed by atoms with van der Waals surface area (Å²) < 4.78 is 1.15. The summed E-state index contributed by atoms with van der Waals surface area (Å²) in [5, 5.41) is 6.71. The number of rotatable bonds is 4. The van der Waals surface area contributed by atoms with E-state index < -0.39 is 0 Å². The Balaban J connectivity index is 1.98. The van der Waals surface area contributed by atoms with Crippen molar-refractivity contribution in [2.24, 2.45) is 0 Å². The summed E-state index contributed by atoms with van der Waals surface area (Å²) in [4.78, 5) is 4.44. The van der Waals surface area contributed by atoms with Crippen LogP contribution in [0.2, 0.25) is 0 Å². The van der Waals surface area contributed by atoms with E-state index in [9.17, 15) is 0 Å². The maximum atomic E-state index is 4.44. The number of hydrogen-bond acceptors (Lipinski definition) is 3. The minimum absolute atomic E-state index is 0.313. The topological polar surface area (TPSA) is 24.9 Å². The van der Waals surface area contributed by atoms with Crippen LogP contribution in [-0.4, -0.2) is 4.98 Å². The number of aryl methyl sites for hydroxylation is 1. The standard InChI is InChI=1S/C13H15BrN2S/c1-9(12-5-3-4-6-13(12)14)15-7-11-8-17-10(2)16-11/h3-6,8-9,15H,7H2,1-2H3. The lowest BCUT2D eigenvalue weighted by Crippen LogP contribution is -2.18. The van der Waals surface area contributed by atoms with Crippen molar-refractivity contribution in [3.05, 3.63) is 50.4 Å². The van der Waals surface area contributed by atoms with Crippen molar-refractivity contribution in [2.75, 3.05) is 0 Å². The number of halogens is 1. The maximum Gasteiger partial charge on any atom is 0.0897 e. The summed E-state index contributed by atoms with van der Waals surface area (Å²) in [5.41, 5.74) is 2.39. The zero-order valence-electron chi connectivity index (χ0n) is 9.90. The first-order valence-electron chi connectivity index (χ1n) is 5.55. The second kappa shape index (κ2) is 5.76. The van der Waals surface area contributed by atoms with Crippen molar-refractivity contribution in [1.82, 2.24) is 10.3 Å². The fourth-order valence-corrected chi connectivity index (χ4v) is 2.92. The van der Waals surface area contributed by atoms with E-state index in [1.54, 1.807) is 11.3 Å². The Labute approximate surface area is 114 Å². The largest absolute Gasteiger partial charge is 0.304 e. The molecule has 90 valence electrons. The van der Waals surface area contributed by atoms with E-state index in [1.807, 2.05) is 13.0 Å². The van der Waals surface area contributed by atoms with E-state index >= 15 is 0 Å². The van der Waals surface area contributed by atoms with Gasteiger partial charge in [0.1, 0.15) is 0 Å². The molecule has 1 heterocycles. The minimum atomic E-state index is 0.313. The molecule has 0 aliphatic rings. The van der Waals surface area contributed by atoms with Crippen molar-refractivity contribution < 1.29 is 0 Å². The van der Waals surface area contributed by atoms with Crippen molar-refractivity contribution in [1.29, 1.82) is 0 Å². The fraction of sp³-hybridized carbons (Fsp3) is 0.308. The molecule has 1 aromatic heterocycles. The lowest BCUT2D eigenvalue weighted by molar-refractivity contribution is 0.567. The van der Waals surface area contributed by atoms with Crippen LogP contribution in [0.15, 0.2) is 34.1 Å². The summed E-state index contributed by atoms with van der Waals surface area (Å²) in [6.07, 6.45) is 0. The third kappa shape index (κ3) is 3.37. The van der Waals surface area contributed by atoms with E-state index in [-0.39, 0.29) is 0 Å². The van der Waals surface area contributed by atoms with Gasteiger partial charge in [-0.1, -0.05) is 34.1 Å². The summed E-state index contributed by atoms with van der Waals surface area (Å²) >= 11 is 5.27. The van der Waals surface area contributed by atoms with Crippen LogP contribution in [0.3, 0.4) is 0 Å². The molecule has 0 saturated carbocycles. The van der Waals surface area contributed by atoms with Gasteiger partial charge < -0.3 is 5.32 Å². The highest BCUT2D eigenvalue weighted by molar-refractivity contribution is 9.10. The predicted molar refractivity (Wildman–Crippen MR) is 76.2 cm³/mol. The molecule has 0 radical (unpaired) electrons. The molecule has 1 aromatic carbocycles. The summed E-state index contributed by atoms with van der Waals surface area (Å²) in [7, 11) is 0. The zero-order valence-corrected chi connectivity index (χ0v) is 12.3. The molecular weight excluding hydrogens is 296 g/mol. The molecule has 0 spiro atoms. The average molecular weight is 311 g/mol. The number of thiazole rings is 1. The van der Waals surface area contributed by atoms with Crippen molar-refractivity contribution in [3.8, 4) is 0 Å². The van der Waals surface area contributed by atoms with Gasteiger partial charge in [0, 0.05) is 22.4 Å². The molecule has 1 unspecified atom stereocenters. The highest BCUT2D eigenvalue weighted by atomic mass is 79.9. The molecular formula is C13H15BrN2S. The van der Waals surface area contributed by atoms with Crippen LogP contribution in [0.5, 0.6) is 0 Å². The number of nitrogens with one attached hydrogen (secondary N) is 1. The molecule has 0 fully saturated rings. The number of benzene rings is 1. The van der Waals surface area contributed by atoms with Crippen LogP contribution in [0.4, 0.5) is 0 Å². The van der Waals surface area contributed by atoms with Gasteiger partial charge >= 0.3 is 0 Å². The predicted octanol–water partition coefficient (Wildman–Crippen LogP) is 4.06. The Morgan fingerprint density at radius 1 is 1.41 bits per heavy atom. The molecule has 0 saturated heterocycles. The first-order chi connectivity index (χ1) is 8.16. The number of aromatic nitrogens is 1. The molecule has 2 rings (SSSR count). The van der Waals surface area contributed by atoms with E-state index in [4.69, 9.17) is 0 Å². The molecule has 17 heavy (non-hydrogen) atoms. The SMILES string of the molecule is Cc1nc(CNC(C)c2ccccc2Br)cs1. The monoisotopic (exact) mass is 310 g/mol. The van der Waals surface area contributed by atoms with Crippen molar-refractivity contribution in [3.63, 3.8) is 0 Å². The third-order valence-corrected chi connectivity index (χ3v) is 4.17. The number of hydrogen-bond donors (Lipinski definition) is 1. The Morgan fingerprint density at radius 2 is 2.18 bits per heavy atom. The summed E-state index contributed by atoms with van der Waals surface area (Å²) in [5.74, 6) is 0. The van der Waals surface area contributed by atoms with Gasteiger partial charge in [0.05, 0.1) is 10.7 Å². The Bertz CT molecular complexity index is 496. The van der Waals surface area contributed by atoms with E-state index in [1.165, 1.54) is 5.56 Å².